The van der Waals surface area contributed by atoms with E-state index in [1.807, 2.05) is 45.9 Å². The first kappa shape index (κ1) is 19.6. The minimum atomic E-state index is -0.332. The second-order valence-electron chi connectivity index (χ2n) is 8.45. The van der Waals surface area contributed by atoms with Crippen LogP contribution in [0.2, 0.25) is 0 Å². The van der Waals surface area contributed by atoms with Gasteiger partial charge in [-0.05, 0) is 51.7 Å². The first-order valence-corrected chi connectivity index (χ1v) is 9.58. The number of hydrogen-bond acceptors (Lipinski definition) is 3. The van der Waals surface area contributed by atoms with Crippen LogP contribution in [0, 0.1) is 11.8 Å². The number of alkyl carbamates (subject to hydrolysis) is 1. The Labute approximate surface area is 152 Å². The van der Waals surface area contributed by atoms with Gasteiger partial charge in [-0.25, -0.2) is 4.79 Å². The quantitative estimate of drug-likeness (QED) is 0.744. The molecule has 1 aromatic rings. The van der Waals surface area contributed by atoms with E-state index in [1.54, 1.807) is 0 Å². The minimum absolute atomic E-state index is 0.134. The number of para-hydroxylation sites is 1. The van der Waals surface area contributed by atoms with E-state index in [0.29, 0.717) is 11.8 Å². The van der Waals surface area contributed by atoms with Crippen molar-refractivity contribution in [2.75, 3.05) is 5.73 Å². The molecule has 1 unspecified atom stereocenters. The summed E-state index contributed by atoms with van der Waals surface area (Å²) in [6.07, 6.45) is 6.68. The number of nitrogen functional groups attached to an aromatic ring is 1. The van der Waals surface area contributed by atoms with Gasteiger partial charge in [-0.3, -0.25) is 0 Å². The Morgan fingerprint density at radius 2 is 1.88 bits per heavy atom. The minimum Gasteiger partial charge on any atom is -0.446 e. The number of ether oxygens (including phenoxy) is 1. The normalized spacial score (nSPS) is 18.4. The van der Waals surface area contributed by atoms with E-state index in [0.717, 1.165) is 17.7 Å². The van der Waals surface area contributed by atoms with Gasteiger partial charge in [0.25, 0.3) is 0 Å². The van der Waals surface area contributed by atoms with Crippen molar-refractivity contribution in [3.63, 3.8) is 0 Å². The molecular formula is C21H34N2O2. The van der Waals surface area contributed by atoms with E-state index in [4.69, 9.17) is 10.5 Å². The summed E-state index contributed by atoms with van der Waals surface area (Å²) in [5, 5.41) is 2.90. The molecule has 4 nitrogen and oxygen atoms in total. The molecule has 2 atom stereocenters. The smallest absolute Gasteiger partial charge is 0.407 e. The first-order chi connectivity index (χ1) is 11.8. The highest BCUT2D eigenvalue weighted by molar-refractivity contribution is 5.68. The number of anilines is 1. The predicted octanol–water partition coefficient (Wildman–Crippen LogP) is 4.92. The van der Waals surface area contributed by atoms with Crippen LogP contribution in [0.15, 0.2) is 24.3 Å². The molecule has 2 rings (SSSR count). The summed E-state index contributed by atoms with van der Waals surface area (Å²) in [6, 6.07) is 8.03. The molecular weight excluding hydrogens is 312 g/mol. The van der Waals surface area contributed by atoms with Gasteiger partial charge in [-0.1, -0.05) is 50.3 Å². The number of nitrogens with one attached hydrogen (secondary N) is 1. The first-order valence-electron chi connectivity index (χ1n) is 9.58. The molecule has 3 N–H and O–H groups in total. The van der Waals surface area contributed by atoms with Crippen LogP contribution in [0.5, 0.6) is 0 Å². The summed E-state index contributed by atoms with van der Waals surface area (Å²) in [4.78, 5) is 12.2. The molecule has 0 radical (unpaired) electrons. The number of hydrogen-bond donors (Lipinski definition) is 2. The number of nitrogens with two attached hydrogens (primary N) is 1. The second-order valence-corrected chi connectivity index (χ2v) is 8.45. The van der Waals surface area contributed by atoms with Gasteiger partial charge in [0, 0.05) is 17.1 Å². The lowest BCUT2D eigenvalue weighted by molar-refractivity contribution is 0.0388. The molecule has 1 aromatic carbocycles. The van der Waals surface area contributed by atoms with Crippen LogP contribution in [-0.4, -0.2) is 17.7 Å². The summed E-state index contributed by atoms with van der Waals surface area (Å²) < 4.78 is 5.76. The van der Waals surface area contributed by atoms with Gasteiger partial charge in [0.15, 0.2) is 0 Å². The summed E-state index contributed by atoms with van der Waals surface area (Å²) >= 11 is 0. The Bertz CT molecular complexity index is 559. The Morgan fingerprint density at radius 3 is 2.48 bits per heavy atom. The fraction of sp³-hybridized carbons (Fsp3) is 0.667. The highest BCUT2D eigenvalue weighted by atomic mass is 16.6. The number of carbonyl (C=O) groups is 1. The van der Waals surface area contributed by atoms with Gasteiger partial charge in [-0.15, -0.1) is 0 Å². The summed E-state index contributed by atoms with van der Waals surface area (Å²) in [6.45, 7) is 7.91. The summed E-state index contributed by atoms with van der Waals surface area (Å²) in [5.74, 6) is 0.890. The molecule has 0 heterocycles. The lowest BCUT2D eigenvalue weighted by atomic mass is 9.75. The van der Waals surface area contributed by atoms with Crippen molar-refractivity contribution >= 4 is 11.8 Å². The Balaban J connectivity index is 2.10. The van der Waals surface area contributed by atoms with Crippen LogP contribution in [0.25, 0.3) is 0 Å². The SMILES string of the molecule is C[C@H](OC(=O)NC(C)(C)C)C(Cc1ccccc1N)C1CCCCC1. The van der Waals surface area contributed by atoms with Gasteiger partial charge in [0.05, 0.1) is 0 Å². The van der Waals surface area contributed by atoms with Crippen molar-refractivity contribution in [3.8, 4) is 0 Å². The molecule has 1 aliphatic carbocycles. The zero-order chi connectivity index (χ0) is 18.4. The lowest BCUT2D eigenvalue weighted by Crippen LogP contribution is -2.43. The maximum absolute atomic E-state index is 12.2. The van der Waals surface area contributed by atoms with Crippen molar-refractivity contribution in [2.24, 2.45) is 11.8 Å². The number of rotatable bonds is 5. The Hall–Kier alpha value is -1.71. The largest absolute Gasteiger partial charge is 0.446 e. The van der Waals surface area contributed by atoms with Crippen molar-refractivity contribution in [2.45, 2.75) is 77.9 Å². The number of benzene rings is 1. The van der Waals surface area contributed by atoms with Gasteiger partial charge >= 0.3 is 6.09 Å². The van der Waals surface area contributed by atoms with Crippen LogP contribution in [0.1, 0.15) is 65.4 Å². The van der Waals surface area contributed by atoms with Crippen molar-refractivity contribution < 1.29 is 9.53 Å². The van der Waals surface area contributed by atoms with E-state index in [9.17, 15) is 4.79 Å². The highest BCUT2D eigenvalue weighted by Gasteiger charge is 2.31. The second kappa shape index (κ2) is 8.59. The van der Waals surface area contributed by atoms with E-state index in [1.165, 1.54) is 32.1 Å². The van der Waals surface area contributed by atoms with Gasteiger partial charge < -0.3 is 15.8 Å². The fourth-order valence-corrected chi connectivity index (χ4v) is 3.84. The standard InChI is InChI=1S/C21H34N2O2/c1-15(25-20(24)23-21(2,3)4)18(16-10-6-5-7-11-16)14-17-12-8-9-13-19(17)22/h8-9,12-13,15-16,18H,5-7,10-11,14,22H2,1-4H3,(H,23,24)/t15-,18?/m0/s1. The zero-order valence-electron chi connectivity index (χ0n) is 16.2. The molecule has 140 valence electrons. The molecule has 1 saturated carbocycles. The van der Waals surface area contributed by atoms with E-state index in [2.05, 4.69) is 11.4 Å². The molecule has 1 amide bonds. The fourth-order valence-electron chi connectivity index (χ4n) is 3.84. The van der Waals surface area contributed by atoms with Crippen LogP contribution in [0.4, 0.5) is 10.5 Å². The highest BCUT2D eigenvalue weighted by Crippen LogP contribution is 2.35. The van der Waals surface area contributed by atoms with Crippen molar-refractivity contribution in [1.82, 2.24) is 5.32 Å². The zero-order valence-corrected chi connectivity index (χ0v) is 16.2. The van der Waals surface area contributed by atoms with E-state index >= 15 is 0 Å². The Morgan fingerprint density at radius 1 is 1.24 bits per heavy atom. The molecule has 4 heteroatoms. The van der Waals surface area contributed by atoms with Crippen LogP contribution in [-0.2, 0) is 11.2 Å². The molecule has 0 spiro atoms. The molecule has 1 aliphatic rings. The maximum Gasteiger partial charge on any atom is 0.407 e. The Kier molecular flexibility index (Phi) is 6.74. The molecule has 1 fully saturated rings. The molecule has 0 bridgehead atoms. The van der Waals surface area contributed by atoms with Gasteiger partial charge in [0.2, 0.25) is 0 Å². The van der Waals surface area contributed by atoms with Gasteiger partial charge in [-0.2, -0.15) is 0 Å². The van der Waals surface area contributed by atoms with Crippen molar-refractivity contribution in [1.29, 1.82) is 0 Å². The average molecular weight is 347 g/mol. The number of carbonyl (C=O) groups excluding carboxylic acids is 1. The predicted molar refractivity (Wildman–Crippen MR) is 103 cm³/mol. The molecule has 0 aliphatic heterocycles. The monoisotopic (exact) mass is 346 g/mol. The van der Waals surface area contributed by atoms with Crippen molar-refractivity contribution in [3.05, 3.63) is 29.8 Å². The summed E-state index contributed by atoms with van der Waals surface area (Å²) in [5.41, 5.74) is 7.86. The lowest BCUT2D eigenvalue weighted by Gasteiger charge is -2.35. The third-order valence-electron chi connectivity index (χ3n) is 5.14. The number of amides is 1. The van der Waals surface area contributed by atoms with Crippen LogP contribution < -0.4 is 11.1 Å². The summed E-state index contributed by atoms with van der Waals surface area (Å²) in [7, 11) is 0. The third-order valence-corrected chi connectivity index (χ3v) is 5.14. The van der Waals surface area contributed by atoms with E-state index < -0.39 is 0 Å². The molecule has 0 saturated heterocycles. The maximum atomic E-state index is 12.2. The molecule has 25 heavy (non-hydrogen) atoms. The molecule has 0 aromatic heterocycles. The van der Waals surface area contributed by atoms with Gasteiger partial charge in [0.1, 0.15) is 6.10 Å². The topological polar surface area (TPSA) is 64.3 Å². The third kappa shape index (κ3) is 6.26. The van der Waals surface area contributed by atoms with Crippen LogP contribution in [0.3, 0.4) is 0 Å². The van der Waals surface area contributed by atoms with Crippen LogP contribution >= 0.6 is 0 Å². The van der Waals surface area contributed by atoms with E-state index in [-0.39, 0.29) is 17.7 Å². The average Bonchev–Trinajstić information content (AvgIpc) is 2.53.